The van der Waals surface area contributed by atoms with Crippen molar-refractivity contribution in [2.75, 3.05) is 13.2 Å². The zero-order valence-electron chi connectivity index (χ0n) is 11.1. The molecule has 1 aromatic carbocycles. The molecular formula is C15H21F2NO. The van der Waals surface area contributed by atoms with Crippen LogP contribution < -0.4 is 5.73 Å². The van der Waals surface area contributed by atoms with Gasteiger partial charge in [0.25, 0.3) is 5.92 Å². The van der Waals surface area contributed by atoms with Gasteiger partial charge in [0.05, 0.1) is 6.61 Å². The highest BCUT2D eigenvalue weighted by Crippen LogP contribution is 2.30. The first-order chi connectivity index (χ1) is 9.02. The molecule has 0 bridgehead atoms. The summed E-state index contributed by atoms with van der Waals surface area (Å²) in [4.78, 5) is 0. The van der Waals surface area contributed by atoms with Crippen LogP contribution in [0.5, 0.6) is 0 Å². The van der Waals surface area contributed by atoms with E-state index in [9.17, 15) is 8.78 Å². The molecule has 4 heteroatoms. The van der Waals surface area contributed by atoms with Gasteiger partial charge in [0.15, 0.2) is 0 Å². The number of benzene rings is 1. The fraction of sp³-hybridized carbons (Fsp3) is 0.600. The van der Waals surface area contributed by atoms with Gasteiger partial charge in [-0.1, -0.05) is 49.6 Å². The van der Waals surface area contributed by atoms with Crippen molar-refractivity contribution < 1.29 is 13.5 Å². The summed E-state index contributed by atoms with van der Waals surface area (Å²) in [5.41, 5.74) is 5.74. The van der Waals surface area contributed by atoms with Gasteiger partial charge in [-0.25, -0.2) is 0 Å². The Labute approximate surface area is 112 Å². The number of hydrogen-bond acceptors (Lipinski definition) is 2. The number of nitrogens with two attached hydrogens (primary N) is 1. The van der Waals surface area contributed by atoms with Crippen molar-refractivity contribution in [2.24, 2.45) is 5.73 Å². The smallest absolute Gasteiger partial charge is 0.296 e. The van der Waals surface area contributed by atoms with Crippen LogP contribution in [0, 0.1) is 0 Å². The average Bonchev–Trinajstić information content (AvgIpc) is 2.40. The molecule has 1 aliphatic carbocycles. The molecule has 0 spiro atoms. The Bertz CT molecular complexity index is 388. The van der Waals surface area contributed by atoms with Gasteiger partial charge in [0.2, 0.25) is 0 Å². The normalized spacial score (nSPS) is 19.3. The highest BCUT2D eigenvalue weighted by Gasteiger charge is 2.34. The maximum Gasteiger partial charge on any atom is 0.296 e. The lowest BCUT2D eigenvalue weighted by atomic mass is 9.83. The summed E-state index contributed by atoms with van der Waals surface area (Å²) in [6.45, 7) is -0.384. The Kier molecular flexibility index (Phi) is 4.53. The summed E-state index contributed by atoms with van der Waals surface area (Å²) in [5, 5.41) is 0. The predicted octanol–water partition coefficient (Wildman–Crippen LogP) is 3.46. The lowest BCUT2D eigenvalue weighted by molar-refractivity contribution is -0.0928. The quantitative estimate of drug-likeness (QED) is 0.888. The summed E-state index contributed by atoms with van der Waals surface area (Å²) in [6, 6.07) is 7.77. The largest absolute Gasteiger partial charge is 0.373 e. The molecule has 0 aromatic heterocycles. The monoisotopic (exact) mass is 269 g/mol. The predicted molar refractivity (Wildman–Crippen MR) is 71.2 cm³/mol. The van der Waals surface area contributed by atoms with Gasteiger partial charge in [-0.15, -0.1) is 0 Å². The Morgan fingerprint density at radius 2 is 1.74 bits per heavy atom. The molecule has 1 aliphatic rings. The molecule has 106 valence electrons. The topological polar surface area (TPSA) is 35.2 Å². The van der Waals surface area contributed by atoms with Crippen molar-refractivity contribution in [3.63, 3.8) is 0 Å². The van der Waals surface area contributed by atoms with Crippen molar-refractivity contribution in [2.45, 2.75) is 43.6 Å². The van der Waals surface area contributed by atoms with E-state index < -0.39 is 18.1 Å². The van der Waals surface area contributed by atoms with Gasteiger partial charge in [-0.05, 0) is 12.8 Å². The first-order valence-corrected chi connectivity index (χ1v) is 6.82. The minimum Gasteiger partial charge on any atom is -0.373 e. The van der Waals surface area contributed by atoms with Crippen molar-refractivity contribution in [3.8, 4) is 0 Å². The number of hydrogen-bond donors (Lipinski definition) is 1. The molecule has 0 aliphatic heterocycles. The standard InChI is InChI=1S/C15H21F2NO/c16-15(17,13-7-3-1-4-8-13)12-19-11-14(18)9-5-2-6-10-14/h1,3-4,7-8H,2,5-6,9-12,18H2. The molecule has 0 amide bonds. The average molecular weight is 269 g/mol. The maximum absolute atomic E-state index is 13.9. The van der Waals surface area contributed by atoms with E-state index in [0.29, 0.717) is 0 Å². The van der Waals surface area contributed by atoms with Crippen LogP contribution in [-0.4, -0.2) is 18.8 Å². The summed E-state index contributed by atoms with van der Waals surface area (Å²) in [5.74, 6) is -2.95. The van der Waals surface area contributed by atoms with Crippen LogP contribution in [0.15, 0.2) is 30.3 Å². The van der Waals surface area contributed by atoms with Crippen LogP contribution in [0.25, 0.3) is 0 Å². The van der Waals surface area contributed by atoms with E-state index in [0.717, 1.165) is 25.7 Å². The SMILES string of the molecule is NC1(COCC(F)(F)c2ccccc2)CCCCC1. The lowest BCUT2D eigenvalue weighted by Gasteiger charge is -2.33. The van der Waals surface area contributed by atoms with Gasteiger partial charge < -0.3 is 10.5 Å². The molecule has 2 nitrogen and oxygen atoms in total. The summed E-state index contributed by atoms with van der Waals surface area (Å²) in [7, 11) is 0. The van der Waals surface area contributed by atoms with Gasteiger partial charge >= 0.3 is 0 Å². The Morgan fingerprint density at radius 3 is 2.37 bits per heavy atom. The zero-order valence-corrected chi connectivity index (χ0v) is 11.1. The van der Waals surface area contributed by atoms with E-state index in [4.69, 9.17) is 10.5 Å². The Hall–Kier alpha value is -1.00. The number of halogens is 2. The van der Waals surface area contributed by atoms with E-state index in [1.807, 2.05) is 0 Å². The second-order valence-corrected chi connectivity index (χ2v) is 5.49. The number of ether oxygens (including phenoxy) is 1. The van der Waals surface area contributed by atoms with Crippen molar-refractivity contribution in [1.29, 1.82) is 0 Å². The van der Waals surface area contributed by atoms with Gasteiger partial charge in [0, 0.05) is 11.1 Å². The van der Waals surface area contributed by atoms with Crippen molar-refractivity contribution in [3.05, 3.63) is 35.9 Å². The van der Waals surface area contributed by atoms with Gasteiger partial charge in [-0.3, -0.25) is 0 Å². The van der Waals surface area contributed by atoms with E-state index in [-0.39, 0.29) is 12.2 Å². The van der Waals surface area contributed by atoms with Crippen LogP contribution in [0.4, 0.5) is 8.78 Å². The summed E-state index contributed by atoms with van der Waals surface area (Å²) in [6.07, 6.45) is 5.04. The number of alkyl halides is 2. The van der Waals surface area contributed by atoms with E-state index >= 15 is 0 Å². The molecular weight excluding hydrogens is 248 g/mol. The van der Waals surface area contributed by atoms with Crippen molar-refractivity contribution >= 4 is 0 Å². The Morgan fingerprint density at radius 1 is 1.11 bits per heavy atom. The molecule has 1 fully saturated rings. The van der Waals surface area contributed by atoms with Crippen LogP contribution in [0.3, 0.4) is 0 Å². The van der Waals surface area contributed by atoms with Crippen LogP contribution >= 0.6 is 0 Å². The third-order valence-electron chi connectivity index (χ3n) is 3.72. The highest BCUT2D eigenvalue weighted by molar-refractivity contribution is 5.19. The minimum atomic E-state index is -2.95. The first-order valence-electron chi connectivity index (χ1n) is 6.82. The summed E-state index contributed by atoms with van der Waals surface area (Å²) >= 11 is 0. The second-order valence-electron chi connectivity index (χ2n) is 5.49. The molecule has 2 N–H and O–H groups in total. The molecule has 1 saturated carbocycles. The van der Waals surface area contributed by atoms with E-state index in [2.05, 4.69) is 0 Å². The van der Waals surface area contributed by atoms with Crippen LogP contribution in [-0.2, 0) is 10.7 Å². The molecule has 0 unspecified atom stereocenters. The van der Waals surface area contributed by atoms with Gasteiger partial charge in [-0.2, -0.15) is 8.78 Å². The summed E-state index contributed by atoms with van der Waals surface area (Å²) < 4.78 is 33.0. The molecule has 2 rings (SSSR count). The molecule has 0 saturated heterocycles. The molecule has 0 heterocycles. The fourth-order valence-corrected chi connectivity index (χ4v) is 2.55. The molecule has 19 heavy (non-hydrogen) atoms. The van der Waals surface area contributed by atoms with Crippen molar-refractivity contribution in [1.82, 2.24) is 0 Å². The maximum atomic E-state index is 13.9. The second kappa shape index (κ2) is 5.97. The third-order valence-corrected chi connectivity index (χ3v) is 3.72. The minimum absolute atomic E-state index is 0.00952. The van der Waals surface area contributed by atoms with Gasteiger partial charge in [0.1, 0.15) is 6.61 Å². The third kappa shape index (κ3) is 3.98. The Balaban J connectivity index is 1.84. The van der Waals surface area contributed by atoms with E-state index in [1.54, 1.807) is 18.2 Å². The molecule has 0 atom stereocenters. The van der Waals surface area contributed by atoms with E-state index in [1.165, 1.54) is 18.6 Å². The number of rotatable bonds is 5. The fourth-order valence-electron chi connectivity index (χ4n) is 2.55. The van der Waals surface area contributed by atoms with Crippen LogP contribution in [0.2, 0.25) is 0 Å². The lowest BCUT2D eigenvalue weighted by Crippen LogP contribution is -2.46. The molecule has 0 radical (unpaired) electrons. The first kappa shape index (κ1) is 14.4. The van der Waals surface area contributed by atoms with Crippen LogP contribution in [0.1, 0.15) is 37.7 Å². The molecule has 1 aromatic rings. The zero-order chi connectivity index (χ0) is 13.8. The highest BCUT2D eigenvalue weighted by atomic mass is 19.3.